The van der Waals surface area contributed by atoms with E-state index in [1.807, 2.05) is 0 Å². The van der Waals surface area contributed by atoms with Gasteiger partial charge in [-0.1, -0.05) is 6.42 Å². The summed E-state index contributed by atoms with van der Waals surface area (Å²) < 4.78 is 37.9. The Morgan fingerprint density at radius 2 is 1.93 bits per heavy atom. The van der Waals surface area contributed by atoms with Gasteiger partial charge >= 0.3 is 0 Å². The van der Waals surface area contributed by atoms with Crippen LogP contribution in [0.25, 0.3) is 0 Å². The van der Waals surface area contributed by atoms with E-state index in [9.17, 15) is 13.2 Å². The molecule has 0 saturated heterocycles. The fraction of sp³-hybridized carbons (Fsp3) is 0.632. The Bertz CT molecular complexity index is 778. The number of fused-ring (bicyclic) bond motifs is 1. The van der Waals surface area contributed by atoms with Crippen LogP contribution >= 0.6 is 0 Å². The average molecular weight is 397 g/mol. The quantitative estimate of drug-likeness (QED) is 0.768. The van der Waals surface area contributed by atoms with Gasteiger partial charge in [0.25, 0.3) is 5.91 Å². The van der Waals surface area contributed by atoms with Crippen LogP contribution < -0.4 is 19.5 Å². The van der Waals surface area contributed by atoms with Crippen molar-refractivity contribution >= 4 is 15.9 Å². The van der Waals surface area contributed by atoms with Gasteiger partial charge in [-0.05, 0) is 57.2 Å². The molecular formula is C19H28N2O5S. The number of sulfonamides is 1. The summed E-state index contributed by atoms with van der Waals surface area (Å²) in [5.74, 6) is 1.36. The number of carbonyl (C=O) groups excluding carboxylic acids is 1. The second-order valence-corrected chi connectivity index (χ2v) is 9.78. The zero-order valence-corrected chi connectivity index (χ0v) is 16.7. The third kappa shape index (κ3) is 5.13. The molecule has 8 heteroatoms. The predicted octanol–water partition coefficient (Wildman–Crippen LogP) is 2.07. The minimum Gasteiger partial charge on any atom is -0.486 e. The van der Waals surface area contributed by atoms with Crippen LogP contribution in [0.5, 0.6) is 11.5 Å². The van der Waals surface area contributed by atoms with Gasteiger partial charge < -0.3 is 14.8 Å². The van der Waals surface area contributed by atoms with Gasteiger partial charge in [0.15, 0.2) is 11.5 Å². The van der Waals surface area contributed by atoms with E-state index in [1.54, 1.807) is 32.0 Å². The van der Waals surface area contributed by atoms with Crippen molar-refractivity contribution in [2.75, 3.05) is 19.8 Å². The molecule has 7 nitrogen and oxygen atoms in total. The first-order valence-electron chi connectivity index (χ1n) is 9.54. The fourth-order valence-corrected chi connectivity index (χ4v) is 4.43. The first-order chi connectivity index (χ1) is 12.8. The second kappa shape index (κ2) is 8.48. The Kier molecular flexibility index (Phi) is 6.26. The third-order valence-electron chi connectivity index (χ3n) is 5.09. The predicted molar refractivity (Wildman–Crippen MR) is 103 cm³/mol. The molecule has 3 rings (SSSR count). The smallest absolute Gasteiger partial charge is 0.251 e. The van der Waals surface area contributed by atoms with Crippen LogP contribution in [-0.2, 0) is 10.0 Å². The molecule has 1 aromatic carbocycles. The maximum Gasteiger partial charge on any atom is 0.251 e. The molecule has 0 spiro atoms. The van der Waals surface area contributed by atoms with Crippen LogP contribution in [0.15, 0.2) is 18.2 Å². The van der Waals surface area contributed by atoms with Gasteiger partial charge in [-0.3, -0.25) is 4.79 Å². The summed E-state index contributed by atoms with van der Waals surface area (Å²) in [5, 5.41) is 2.53. The molecule has 1 amide bonds. The average Bonchev–Trinajstić information content (AvgIpc) is 2.65. The zero-order valence-electron chi connectivity index (χ0n) is 15.9. The highest BCUT2D eigenvalue weighted by atomic mass is 32.2. The van der Waals surface area contributed by atoms with Gasteiger partial charge in [0.1, 0.15) is 13.2 Å². The molecule has 150 valence electrons. The number of rotatable bonds is 6. The molecule has 0 aromatic heterocycles. The number of hydrogen-bond acceptors (Lipinski definition) is 5. The van der Waals surface area contributed by atoms with E-state index in [2.05, 4.69) is 10.0 Å². The van der Waals surface area contributed by atoms with E-state index in [-0.39, 0.29) is 17.9 Å². The van der Waals surface area contributed by atoms with Crippen LogP contribution in [0.1, 0.15) is 49.9 Å². The van der Waals surface area contributed by atoms with Gasteiger partial charge in [0.05, 0.1) is 5.25 Å². The molecule has 2 N–H and O–H groups in total. The molecule has 0 radical (unpaired) electrons. The Labute approximate surface area is 160 Å². The molecule has 1 aliphatic carbocycles. The van der Waals surface area contributed by atoms with Gasteiger partial charge in [0, 0.05) is 18.2 Å². The van der Waals surface area contributed by atoms with Gasteiger partial charge in [-0.25, -0.2) is 13.1 Å². The number of benzene rings is 1. The SMILES string of the molecule is CC(C)S(=O)(=O)N[C@H]1CCC[C@@H](CNC(=O)c2ccc3c(c2)OCCO3)C1. The third-order valence-corrected chi connectivity index (χ3v) is 6.99. The van der Waals surface area contributed by atoms with E-state index in [1.165, 1.54) is 0 Å². The lowest BCUT2D eigenvalue weighted by atomic mass is 9.86. The minimum atomic E-state index is -3.27. The number of carbonyl (C=O) groups is 1. The second-order valence-electron chi connectivity index (χ2n) is 7.51. The monoisotopic (exact) mass is 396 g/mol. The summed E-state index contributed by atoms with van der Waals surface area (Å²) in [4.78, 5) is 12.5. The summed E-state index contributed by atoms with van der Waals surface area (Å²) in [6.07, 6.45) is 3.53. The van der Waals surface area contributed by atoms with Crippen LogP contribution in [0.4, 0.5) is 0 Å². The van der Waals surface area contributed by atoms with E-state index in [4.69, 9.17) is 9.47 Å². The Balaban J connectivity index is 1.53. The lowest BCUT2D eigenvalue weighted by Crippen LogP contribution is -2.43. The first-order valence-corrected chi connectivity index (χ1v) is 11.1. The van der Waals surface area contributed by atoms with E-state index in [0.29, 0.717) is 36.8 Å². The van der Waals surface area contributed by atoms with Crippen molar-refractivity contribution in [3.63, 3.8) is 0 Å². The van der Waals surface area contributed by atoms with Gasteiger partial charge in [-0.15, -0.1) is 0 Å². The number of hydrogen-bond donors (Lipinski definition) is 2. The van der Waals surface area contributed by atoms with Crippen LogP contribution in [-0.4, -0.2) is 45.4 Å². The first kappa shape index (κ1) is 19.9. The number of ether oxygens (including phenoxy) is 2. The number of amides is 1. The largest absolute Gasteiger partial charge is 0.486 e. The van der Waals surface area contributed by atoms with Gasteiger partial charge in [0.2, 0.25) is 10.0 Å². The Hall–Kier alpha value is -1.80. The highest BCUT2D eigenvalue weighted by molar-refractivity contribution is 7.90. The van der Waals surface area contributed by atoms with E-state index >= 15 is 0 Å². The van der Waals surface area contributed by atoms with Crippen molar-refractivity contribution in [3.8, 4) is 11.5 Å². The van der Waals surface area contributed by atoms with Crippen molar-refractivity contribution in [2.45, 2.75) is 50.8 Å². The van der Waals surface area contributed by atoms with Crippen molar-refractivity contribution in [1.29, 1.82) is 0 Å². The summed E-state index contributed by atoms with van der Waals surface area (Å²) >= 11 is 0. The summed E-state index contributed by atoms with van der Waals surface area (Å²) in [5.41, 5.74) is 0.534. The number of nitrogens with one attached hydrogen (secondary N) is 2. The molecule has 1 aliphatic heterocycles. The molecular weight excluding hydrogens is 368 g/mol. The summed E-state index contributed by atoms with van der Waals surface area (Å²) in [6.45, 7) is 4.88. The Morgan fingerprint density at radius 1 is 1.19 bits per heavy atom. The van der Waals surface area contributed by atoms with Crippen molar-refractivity contribution < 1.29 is 22.7 Å². The molecule has 1 aromatic rings. The van der Waals surface area contributed by atoms with Crippen LogP contribution in [0.2, 0.25) is 0 Å². The molecule has 2 aliphatic rings. The van der Waals surface area contributed by atoms with Crippen LogP contribution in [0, 0.1) is 5.92 Å². The van der Waals surface area contributed by atoms with E-state index in [0.717, 1.165) is 25.7 Å². The molecule has 1 heterocycles. The molecule has 1 saturated carbocycles. The highest BCUT2D eigenvalue weighted by Crippen LogP contribution is 2.31. The molecule has 0 bridgehead atoms. The maximum atomic E-state index is 12.5. The lowest BCUT2D eigenvalue weighted by molar-refractivity contribution is 0.0940. The molecule has 1 fully saturated rings. The van der Waals surface area contributed by atoms with Crippen LogP contribution in [0.3, 0.4) is 0 Å². The van der Waals surface area contributed by atoms with Crippen molar-refractivity contribution in [2.24, 2.45) is 5.92 Å². The van der Waals surface area contributed by atoms with E-state index < -0.39 is 15.3 Å². The summed E-state index contributed by atoms with van der Waals surface area (Å²) in [7, 11) is -3.27. The van der Waals surface area contributed by atoms with Crippen molar-refractivity contribution in [1.82, 2.24) is 10.0 Å². The lowest BCUT2D eigenvalue weighted by Gasteiger charge is -2.30. The zero-order chi connectivity index (χ0) is 19.4. The Morgan fingerprint density at radius 3 is 2.67 bits per heavy atom. The highest BCUT2D eigenvalue weighted by Gasteiger charge is 2.27. The standard InChI is InChI=1S/C19H28N2O5S/c1-13(2)27(23,24)21-16-5-3-4-14(10-16)12-20-19(22)15-6-7-17-18(11-15)26-9-8-25-17/h6-7,11,13-14,16,21H,3-5,8-10,12H2,1-2H3,(H,20,22)/t14-,16+/m1/s1. The fourth-order valence-electron chi connectivity index (χ4n) is 3.48. The normalized spacial score (nSPS) is 22.5. The summed E-state index contributed by atoms with van der Waals surface area (Å²) in [6, 6.07) is 5.12. The maximum absolute atomic E-state index is 12.5. The molecule has 27 heavy (non-hydrogen) atoms. The molecule has 0 unspecified atom stereocenters. The topological polar surface area (TPSA) is 93.7 Å². The molecule has 2 atom stereocenters. The van der Waals surface area contributed by atoms with Gasteiger partial charge in [-0.2, -0.15) is 0 Å². The van der Waals surface area contributed by atoms with Crippen molar-refractivity contribution in [3.05, 3.63) is 23.8 Å². The minimum absolute atomic E-state index is 0.0534.